The van der Waals surface area contributed by atoms with E-state index in [1.54, 1.807) is 18.2 Å². The summed E-state index contributed by atoms with van der Waals surface area (Å²) >= 11 is 0.914. The van der Waals surface area contributed by atoms with Crippen molar-refractivity contribution in [3.63, 3.8) is 0 Å². The number of hydrogen-bond acceptors (Lipinski definition) is 6. The molecule has 174 valence electrons. The van der Waals surface area contributed by atoms with Crippen LogP contribution in [0, 0.1) is 0 Å². The maximum atomic E-state index is 13.5. The number of aromatic nitrogens is 2. The van der Waals surface area contributed by atoms with Gasteiger partial charge < -0.3 is 14.4 Å². The standard InChI is InChI=1S/C22H26F3N3O3S/c1-13-6-5-7-14(2)28(13)20(29)12-32-21-26-16(11-19(27-21)22(23,24)25)15-8-9-17(30-3)18(10-15)31-4/h8-11,13-14H,5-7,12H2,1-4H3/t13-,14-/m0/s1. The van der Waals surface area contributed by atoms with Crippen LogP contribution in [-0.4, -0.2) is 52.8 Å². The van der Waals surface area contributed by atoms with Gasteiger partial charge >= 0.3 is 6.18 Å². The Labute approximate surface area is 189 Å². The number of amides is 1. The molecule has 0 radical (unpaired) electrons. The minimum absolute atomic E-state index is 0.0264. The van der Waals surface area contributed by atoms with Crippen LogP contribution in [0.15, 0.2) is 29.4 Å². The van der Waals surface area contributed by atoms with Crippen molar-refractivity contribution >= 4 is 17.7 Å². The van der Waals surface area contributed by atoms with Gasteiger partial charge in [-0.05, 0) is 57.4 Å². The van der Waals surface area contributed by atoms with Crippen molar-refractivity contribution in [2.24, 2.45) is 0 Å². The molecule has 2 heterocycles. The molecule has 1 fully saturated rings. The number of nitrogens with zero attached hydrogens (tertiary/aromatic N) is 3. The molecule has 0 saturated carbocycles. The fourth-order valence-corrected chi connectivity index (χ4v) is 4.62. The molecule has 1 amide bonds. The first-order valence-electron chi connectivity index (χ1n) is 10.3. The lowest BCUT2D eigenvalue weighted by molar-refractivity contribution is -0.141. The van der Waals surface area contributed by atoms with Crippen molar-refractivity contribution in [2.45, 2.75) is 56.5 Å². The van der Waals surface area contributed by atoms with Gasteiger partial charge in [0.25, 0.3) is 0 Å². The second kappa shape index (κ2) is 9.97. The van der Waals surface area contributed by atoms with Crippen LogP contribution in [-0.2, 0) is 11.0 Å². The van der Waals surface area contributed by atoms with E-state index < -0.39 is 11.9 Å². The normalized spacial score (nSPS) is 19.0. The molecule has 3 rings (SSSR count). The summed E-state index contributed by atoms with van der Waals surface area (Å²) in [7, 11) is 2.91. The molecule has 0 aliphatic carbocycles. The fraction of sp³-hybridized carbons (Fsp3) is 0.500. The molecule has 1 aliphatic heterocycles. The van der Waals surface area contributed by atoms with Crippen LogP contribution >= 0.6 is 11.8 Å². The molecule has 32 heavy (non-hydrogen) atoms. The highest BCUT2D eigenvalue weighted by atomic mass is 32.2. The van der Waals surface area contributed by atoms with Gasteiger partial charge in [-0.1, -0.05) is 11.8 Å². The number of alkyl halides is 3. The monoisotopic (exact) mass is 469 g/mol. The van der Waals surface area contributed by atoms with Gasteiger partial charge in [0.15, 0.2) is 16.7 Å². The zero-order valence-electron chi connectivity index (χ0n) is 18.4. The van der Waals surface area contributed by atoms with Gasteiger partial charge in [-0.15, -0.1) is 0 Å². The summed E-state index contributed by atoms with van der Waals surface area (Å²) in [5.41, 5.74) is -0.558. The molecule has 6 nitrogen and oxygen atoms in total. The Kier molecular flexibility index (Phi) is 7.53. The number of hydrogen-bond donors (Lipinski definition) is 0. The van der Waals surface area contributed by atoms with E-state index in [1.807, 2.05) is 18.7 Å². The summed E-state index contributed by atoms with van der Waals surface area (Å²) < 4.78 is 50.9. The third-order valence-corrected chi connectivity index (χ3v) is 6.31. The summed E-state index contributed by atoms with van der Waals surface area (Å²) in [6.07, 6.45) is -1.75. The molecular weight excluding hydrogens is 443 g/mol. The van der Waals surface area contributed by atoms with Crippen LogP contribution in [0.5, 0.6) is 11.5 Å². The minimum Gasteiger partial charge on any atom is -0.493 e. The number of thioether (sulfide) groups is 1. The average molecular weight is 470 g/mol. The summed E-state index contributed by atoms with van der Waals surface area (Å²) in [4.78, 5) is 22.5. The van der Waals surface area contributed by atoms with Crippen molar-refractivity contribution in [1.82, 2.24) is 14.9 Å². The van der Waals surface area contributed by atoms with E-state index in [1.165, 1.54) is 14.2 Å². The van der Waals surface area contributed by atoms with Gasteiger partial charge in [-0.2, -0.15) is 13.2 Å². The van der Waals surface area contributed by atoms with Gasteiger partial charge in [0.1, 0.15) is 5.69 Å². The maximum Gasteiger partial charge on any atom is 0.433 e. The molecule has 1 aromatic carbocycles. The summed E-state index contributed by atoms with van der Waals surface area (Å²) in [6.45, 7) is 3.99. The highest BCUT2D eigenvalue weighted by Crippen LogP contribution is 2.35. The number of benzene rings is 1. The predicted octanol–water partition coefficient (Wildman–Crippen LogP) is 5.06. The maximum absolute atomic E-state index is 13.5. The van der Waals surface area contributed by atoms with Gasteiger partial charge in [-0.3, -0.25) is 4.79 Å². The summed E-state index contributed by atoms with van der Waals surface area (Å²) in [5, 5.41) is -0.102. The third kappa shape index (κ3) is 5.46. The van der Waals surface area contributed by atoms with Crippen LogP contribution < -0.4 is 9.47 Å². The lowest BCUT2D eigenvalue weighted by Crippen LogP contribution is -2.48. The second-order valence-electron chi connectivity index (χ2n) is 7.71. The molecule has 10 heteroatoms. The molecule has 2 atom stereocenters. The van der Waals surface area contributed by atoms with Crippen molar-refractivity contribution in [1.29, 1.82) is 0 Å². The van der Waals surface area contributed by atoms with Crippen molar-refractivity contribution in [3.8, 4) is 22.8 Å². The molecule has 1 saturated heterocycles. The van der Waals surface area contributed by atoms with E-state index in [-0.39, 0.29) is 34.6 Å². The Morgan fingerprint density at radius 1 is 1.09 bits per heavy atom. The number of piperidine rings is 1. The number of rotatable bonds is 6. The second-order valence-corrected chi connectivity index (χ2v) is 8.65. The summed E-state index contributed by atoms with van der Waals surface area (Å²) in [5.74, 6) is 0.672. The Morgan fingerprint density at radius 2 is 1.75 bits per heavy atom. The van der Waals surface area contributed by atoms with Gasteiger partial charge in [0, 0.05) is 17.6 Å². The first-order chi connectivity index (χ1) is 15.1. The molecule has 2 aromatic rings. The molecule has 0 unspecified atom stereocenters. The van der Waals surface area contributed by atoms with Crippen LogP contribution in [0.4, 0.5) is 13.2 Å². The number of carbonyl (C=O) groups is 1. The van der Waals surface area contributed by atoms with Crippen LogP contribution in [0.1, 0.15) is 38.8 Å². The zero-order valence-corrected chi connectivity index (χ0v) is 19.2. The molecular formula is C22H26F3N3O3S. The van der Waals surface area contributed by atoms with E-state index in [4.69, 9.17) is 9.47 Å². The van der Waals surface area contributed by atoms with E-state index in [2.05, 4.69) is 9.97 Å². The van der Waals surface area contributed by atoms with Gasteiger partial charge in [-0.25, -0.2) is 9.97 Å². The lowest BCUT2D eigenvalue weighted by Gasteiger charge is -2.39. The lowest BCUT2D eigenvalue weighted by atomic mass is 9.98. The van der Waals surface area contributed by atoms with Crippen molar-refractivity contribution < 1.29 is 27.4 Å². The van der Waals surface area contributed by atoms with Crippen LogP contribution in [0.3, 0.4) is 0 Å². The third-order valence-electron chi connectivity index (χ3n) is 5.48. The Morgan fingerprint density at radius 3 is 2.34 bits per heavy atom. The smallest absolute Gasteiger partial charge is 0.433 e. The Hall–Kier alpha value is -2.49. The molecule has 1 aromatic heterocycles. The van der Waals surface area contributed by atoms with Crippen molar-refractivity contribution in [2.75, 3.05) is 20.0 Å². The van der Waals surface area contributed by atoms with Crippen molar-refractivity contribution in [3.05, 3.63) is 30.0 Å². The Balaban J connectivity index is 1.89. The fourth-order valence-electron chi connectivity index (χ4n) is 3.89. The van der Waals surface area contributed by atoms with E-state index >= 15 is 0 Å². The molecule has 0 spiro atoms. The molecule has 0 bridgehead atoms. The van der Waals surface area contributed by atoms with Gasteiger partial charge in [0.05, 0.1) is 25.7 Å². The summed E-state index contributed by atoms with van der Waals surface area (Å²) in [6, 6.07) is 5.85. The van der Waals surface area contributed by atoms with E-state index in [0.717, 1.165) is 37.1 Å². The van der Waals surface area contributed by atoms with Crippen LogP contribution in [0.25, 0.3) is 11.3 Å². The van der Waals surface area contributed by atoms with E-state index in [9.17, 15) is 18.0 Å². The topological polar surface area (TPSA) is 64.5 Å². The average Bonchev–Trinajstić information content (AvgIpc) is 2.76. The first-order valence-corrected chi connectivity index (χ1v) is 11.2. The number of ether oxygens (including phenoxy) is 2. The largest absolute Gasteiger partial charge is 0.493 e. The Bertz CT molecular complexity index is 961. The van der Waals surface area contributed by atoms with E-state index in [0.29, 0.717) is 17.1 Å². The SMILES string of the molecule is COc1ccc(-c2cc(C(F)(F)F)nc(SCC(=O)N3[C@@H](C)CCC[C@@H]3C)n2)cc1OC. The quantitative estimate of drug-likeness (QED) is 0.435. The number of likely N-dealkylation sites (tertiary alicyclic amines) is 1. The number of methoxy groups -OCH3 is 2. The molecule has 1 aliphatic rings. The number of carbonyl (C=O) groups excluding carboxylic acids is 1. The highest BCUT2D eigenvalue weighted by Gasteiger charge is 2.34. The van der Waals surface area contributed by atoms with Gasteiger partial charge in [0.2, 0.25) is 5.91 Å². The first kappa shape index (κ1) is 24.2. The molecule has 0 N–H and O–H groups in total. The highest BCUT2D eigenvalue weighted by molar-refractivity contribution is 7.99. The number of halogens is 3. The predicted molar refractivity (Wildman–Crippen MR) is 116 cm³/mol. The minimum atomic E-state index is -4.65. The van der Waals surface area contributed by atoms with Crippen LogP contribution in [0.2, 0.25) is 0 Å². The zero-order chi connectivity index (χ0) is 23.5.